The molecule has 2 N–H and O–H groups in total. The minimum Gasteiger partial charge on any atom is -0.495 e. The number of nitrogens with zero attached hydrogens (tertiary/aromatic N) is 1. The van der Waals surface area contributed by atoms with Crippen LogP contribution in [0.1, 0.15) is 37.6 Å². The molecular formula is C21H20ClN3O3S. The lowest BCUT2D eigenvalue weighted by Crippen LogP contribution is -2.18. The molecule has 0 unspecified atom stereocenters. The number of thiophene rings is 1. The van der Waals surface area contributed by atoms with Crippen LogP contribution in [-0.2, 0) is 12.8 Å². The van der Waals surface area contributed by atoms with Crippen LogP contribution in [0.3, 0.4) is 0 Å². The van der Waals surface area contributed by atoms with E-state index in [-0.39, 0.29) is 24.2 Å². The van der Waals surface area contributed by atoms with Gasteiger partial charge in [-0.2, -0.15) is 0 Å². The van der Waals surface area contributed by atoms with E-state index in [1.807, 2.05) is 12.1 Å². The van der Waals surface area contributed by atoms with Crippen molar-refractivity contribution in [2.45, 2.75) is 19.3 Å². The maximum atomic E-state index is 13.1. The standard InChI is InChI=1S/C21H19N3O3S.ClH/c1-27-16-9-3-2-8-15(16)23-20(26)18-14-7-4-10-17(14)28-21(18)24-19(25)13-6-5-11-22-12-13;/h2-3,5-6,8-9,11-12H,4,7,10H2,1H3,(H,23,26)(H,24,25);1H. The molecule has 0 fully saturated rings. The first kappa shape index (κ1) is 20.8. The largest absolute Gasteiger partial charge is 0.495 e. The molecule has 29 heavy (non-hydrogen) atoms. The zero-order valence-corrected chi connectivity index (χ0v) is 17.4. The molecule has 0 atom stereocenters. The summed E-state index contributed by atoms with van der Waals surface area (Å²) in [4.78, 5) is 30.8. The summed E-state index contributed by atoms with van der Waals surface area (Å²) in [5.41, 5.74) is 2.61. The Kier molecular flexibility index (Phi) is 6.51. The Labute approximate surface area is 178 Å². The maximum Gasteiger partial charge on any atom is 0.259 e. The fraction of sp³-hybridized carbons (Fsp3) is 0.190. The second-order valence-corrected chi connectivity index (χ2v) is 7.52. The lowest BCUT2D eigenvalue weighted by molar-refractivity contribution is 0.102. The quantitative estimate of drug-likeness (QED) is 0.622. The van der Waals surface area contributed by atoms with Gasteiger partial charge in [0.1, 0.15) is 10.8 Å². The van der Waals surface area contributed by atoms with E-state index in [4.69, 9.17) is 4.74 Å². The number of amides is 2. The minimum atomic E-state index is -0.278. The second-order valence-electron chi connectivity index (χ2n) is 6.41. The first-order valence-corrected chi connectivity index (χ1v) is 9.79. The van der Waals surface area contributed by atoms with Gasteiger partial charge in [0.05, 0.1) is 23.9 Å². The summed E-state index contributed by atoms with van der Waals surface area (Å²) < 4.78 is 5.32. The van der Waals surface area contributed by atoms with Gasteiger partial charge in [0.2, 0.25) is 0 Å². The molecule has 2 amide bonds. The molecule has 150 valence electrons. The van der Waals surface area contributed by atoms with Crippen LogP contribution in [0.4, 0.5) is 10.7 Å². The lowest BCUT2D eigenvalue weighted by Gasteiger charge is -2.12. The minimum absolute atomic E-state index is 0. The number of halogens is 1. The number of para-hydroxylation sites is 2. The topological polar surface area (TPSA) is 80.3 Å². The molecule has 2 aromatic heterocycles. The molecule has 0 bridgehead atoms. The third-order valence-electron chi connectivity index (χ3n) is 4.65. The number of fused-ring (bicyclic) bond motifs is 1. The molecule has 1 aromatic carbocycles. The van der Waals surface area contributed by atoms with Crippen LogP contribution in [0.15, 0.2) is 48.8 Å². The van der Waals surface area contributed by atoms with Gasteiger partial charge in [-0.15, -0.1) is 23.7 Å². The Morgan fingerprint density at radius 1 is 1.07 bits per heavy atom. The number of aromatic nitrogens is 1. The first-order chi connectivity index (χ1) is 13.7. The summed E-state index contributed by atoms with van der Waals surface area (Å²) in [6, 6.07) is 10.7. The average molecular weight is 430 g/mol. The third kappa shape index (κ3) is 4.26. The number of carbonyl (C=O) groups excluding carboxylic acids is 2. The van der Waals surface area contributed by atoms with E-state index in [1.165, 1.54) is 17.5 Å². The molecule has 2 heterocycles. The Morgan fingerprint density at radius 3 is 2.66 bits per heavy atom. The van der Waals surface area contributed by atoms with Gasteiger partial charge in [-0.25, -0.2) is 0 Å². The summed E-state index contributed by atoms with van der Waals surface area (Å²) in [7, 11) is 1.56. The van der Waals surface area contributed by atoms with E-state index in [2.05, 4.69) is 15.6 Å². The van der Waals surface area contributed by atoms with Gasteiger partial charge in [0.15, 0.2) is 0 Å². The van der Waals surface area contributed by atoms with Crippen molar-refractivity contribution in [1.29, 1.82) is 0 Å². The second kappa shape index (κ2) is 9.07. The van der Waals surface area contributed by atoms with Crippen molar-refractivity contribution in [2.75, 3.05) is 17.7 Å². The van der Waals surface area contributed by atoms with Crippen LogP contribution in [0.25, 0.3) is 0 Å². The maximum absolute atomic E-state index is 13.1. The zero-order valence-electron chi connectivity index (χ0n) is 15.7. The summed E-state index contributed by atoms with van der Waals surface area (Å²) in [5.74, 6) is 0.0634. The molecule has 1 aliphatic carbocycles. The van der Waals surface area contributed by atoms with Crippen molar-refractivity contribution in [3.63, 3.8) is 0 Å². The molecule has 3 aromatic rings. The predicted octanol–water partition coefficient (Wildman–Crippen LogP) is 4.57. The fourth-order valence-corrected chi connectivity index (χ4v) is 4.62. The smallest absolute Gasteiger partial charge is 0.259 e. The van der Waals surface area contributed by atoms with Crippen molar-refractivity contribution in [3.05, 3.63) is 70.4 Å². The first-order valence-electron chi connectivity index (χ1n) is 8.97. The molecule has 0 saturated heterocycles. The van der Waals surface area contributed by atoms with Crippen molar-refractivity contribution in [2.24, 2.45) is 0 Å². The summed E-state index contributed by atoms with van der Waals surface area (Å²) in [6.45, 7) is 0. The van der Waals surface area contributed by atoms with Gasteiger partial charge in [0.25, 0.3) is 11.8 Å². The van der Waals surface area contributed by atoms with E-state index >= 15 is 0 Å². The fourth-order valence-electron chi connectivity index (χ4n) is 3.34. The van der Waals surface area contributed by atoms with E-state index in [1.54, 1.807) is 37.6 Å². The van der Waals surface area contributed by atoms with E-state index in [0.29, 0.717) is 27.6 Å². The number of nitrogens with one attached hydrogen (secondary N) is 2. The van der Waals surface area contributed by atoms with Crippen LogP contribution in [0.2, 0.25) is 0 Å². The lowest BCUT2D eigenvalue weighted by atomic mass is 10.1. The highest BCUT2D eigenvalue weighted by molar-refractivity contribution is 7.17. The highest BCUT2D eigenvalue weighted by atomic mass is 35.5. The number of methoxy groups -OCH3 is 1. The Balaban J connectivity index is 0.00000240. The van der Waals surface area contributed by atoms with Gasteiger partial charge in [-0.3, -0.25) is 14.6 Å². The molecule has 8 heteroatoms. The molecule has 0 aliphatic heterocycles. The molecule has 0 spiro atoms. The highest BCUT2D eigenvalue weighted by Crippen LogP contribution is 2.40. The third-order valence-corrected chi connectivity index (χ3v) is 5.86. The number of hydrogen-bond acceptors (Lipinski definition) is 5. The van der Waals surface area contributed by atoms with Crippen LogP contribution < -0.4 is 15.4 Å². The molecule has 4 rings (SSSR count). The number of pyridine rings is 1. The molecule has 6 nitrogen and oxygen atoms in total. The van der Waals surface area contributed by atoms with Crippen molar-refractivity contribution < 1.29 is 14.3 Å². The molecule has 0 saturated carbocycles. The predicted molar refractivity (Wildman–Crippen MR) is 117 cm³/mol. The number of carbonyl (C=O) groups is 2. The van der Waals surface area contributed by atoms with Crippen molar-refractivity contribution >= 4 is 46.2 Å². The van der Waals surface area contributed by atoms with Gasteiger partial charge in [0, 0.05) is 17.3 Å². The number of aryl methyl sites for hydroxylation is 1. The number of ether oxygens (including phenoxy) is 1. The highest BCUT2D eigenvalue weighted by Gasteiger charge is 2.28. The number of rotatable bonds is 5. The Morgan fingerprint density at radius 2 is 1.90 bits per heavy atom. The van der Waals surface area contributed by atoms with Crippen molar-refractivity contribution in [1.82, 2.24) is 4.98 Å². The van der Waals surface area contributed by atoms with E-state index < -0.39 is 0 Å². The van der Waals surface area contributed by atoms with Gasteiger partial charge >= 0.3 is 0 Å². The summed E-state index contributed by atoms with van der Waals surface area (Å²) >= 11 is 1.48. The van der Waals surface area contributed by atoms with E-state index in [9.17, 15) is 9.59 Å². The molecular weight excluding hydrogens is 410 g/mol. The Bertz CT molecular complexity index is 1040. The number of benzene rings is 1. The van der Waals surface area contributed by atoms with Crippen LogP contribution in [-0.4, -0.2) is 23.9 Å². The van der Waals surface area contributed by atoms with Gasteiger partial charge in [-0.05, 0) is 49.1 Å². The van der Waals surface area contributed by atoms with Crippen molar-refractivity contribution in [3.8, 4) is 5.75 Å². The summed E-state index contributed by atoms with van der Waals surface area (Å²) in [5, 5.41) is 6.40. The monoisotopic (exact) mass is 429 g/mol. The van der Waals surface area contributed by atoms with Crippen LogP contribution in [0.5, 0.6) is 5.75 Å². The Hall–Kier alpha value is -2.90. The normalized spacial score (nSPS) is 11.9. The zero-order chi connectivity index (χ0) is 19.5. The summed E-state index contributed by atoms with van der Waals surface area (Å²) in [6.07, 6.45) is 5.90. The van der Waals surface area contributed by atoms with Gasteiger partial charge < -0.3 is 15.4 Å². The van der Waals surface area contributed by atoms with Gasteiger partial charge in [-0.1, -0.05) is 12.1 Å². The number of hydrogen-bond donors (Lipinski definition) is 2. The number of anilines is 2. The SMILES string of the molecule is COc1ccccc1NC(=O)c1c(NC(=O)c2cccnc2)sc2c1CCC2.Cl. The molecule has 1 aliphatic rings. The van der Waals surface area contributed by atoms with Crippen LogP contribution in [0, 0.1) is 0 Å². The van der Waals surface area contributed by atoms with Crippen LogP contribution >= 0.6 is 23.7 Å². The van der Waals surface area contributed by atoms with E-state index in [0.717, 1.165) is 29.7 Å². The average Bonchev–Trinajstić information content (AvgIpc) is 3.29. The molecule has 0 radical (unpaired) electrons.